The second-order valence-electron chi connectivity index (χ2n) is 7.65. The molecular weight excluding hydrogens is 392 g/mol. The number of carbonyl (C=O) groups excluding carboxylic acids is 3. The minimum absolute atomic E-state index is 0.0366. The third-order valence-electron chi connectivity index (χ3n) is 5.48. The minimum atomic E-state index is -0.848. The summed E-state index contributed by atoms with van der Waals surface area (Å²) in [6.45, 7) is 2.13. The van der Waals surface area contributed by atoms with E-state index in [-0.39, 0.29) is 24.1 Å². The van der Waals surface area contributed by atoms with Crippen LogP contribution < -0.4 is 4.90 Å². The molecule has 1 aliphatic heterocycles. The average molecular weight is 416 g/mol. The number of hydrogen-bond acceptors (Lipinski definition) is 4. The van der Waals surface area contributed by atoms with Gasteiger partial charge in [-0.25, -0.2) is 4.90 Å². The number of amides is 3. The first kappa shape index (κ1) is 20.5. The number of imide groups is 1. The minimum Gasteiger partial charge on any atom is -0.324 e. The lowest BCUT2D eigenvalue weighted by Crippen LogP contribution is -2.47. The van der Waals surface area contributed by atoms with Gasteiger partial charge in [0.2, 0.25) is 5.91 Å². The number of anilines is 1. The molecule has 0 aliphatic carbocycles. The van der Waals surface area contributed by atoms with Gasteiger partial charge in [-0.05, 0) is 37.1 Å². The van der Waals surface area contributed by atoms with E-state index in [9.17, 15) is 14.4 Å². The third kappa shape index (κ3) is 4.12. The molecule has 31 heavy (non-hydrogen) atoms. The molecule has 3 aromatic rings. The van der Waals surface area contributed by atoms with Gasteiger partial charge in [0.05, 0.1) is 17.8 Å². The Labute approximate surface area is 180 Å². The highest BCUT2D eigenvalue weighted by atomic mass is 16.2. The molecule has 1 saturated heterocycles. The number of hydrogen-bond donors (Lipinski definition) is 0. The number of rotatable bonds is 6. The summed E-state index contributed by atoms with van der Waals surface area (Å²) in [5.41, 5.74) is 2.68. The number of benzene rings is 2. The molecule has 158 valence electrons. The summed E-state index contributed by atoms with van der Waals surface area (Å²) in [6, 6.07) is 19.4. The van der Waals surface area contributed by atoms with E-state index >= 15 is 0 Å². The summed E-state index contributed by atoms with van der Waals surface area (Å²) in [5.74, 6) is -0.989. The van der Waals surface area contributed by atoms with Gasteiger partial charge in [0.1, 0.15) is 11.7 Å². The molecule has 1 aliphatic rings. The Bertz CT molecular complexity index is 1110. The van der Waals surface area contributed by atoms with E-state index in [1.165, 1.54) is 14.5 Å². The van der Waals surface area contributed by atoms with Gasteiger partial charge in [0.15, 0.2) is 0 Å². The smallest absolute Gasteiger partial charge is 0.272 e. The maximum Gasteiger partial charge on any atom is 0.272 e. The highest BCUT2D eigenvalue weighted by molar-refractivity contribution is 6.23. The first-order valence-corrected chi connectivity index (χ1v) is 10.2. The molecule has 2 heterocycles. The maximum absolute atomic E-state index is 13.5. The normalized spacial score (nSPS) is 16.1. The molecule has 0 spiro atoms. The fourth-order valence-electron chi connectivity index (χ4n) is 3.96. The Hall–Kier alpha value is -3.74. The maximum atomic E-state index is 13.5. The van der Waals surface area contributed by atoms with Gasteiger partial charge in [-0.2, -0.15) is 5.10 Å². The van der Waals surface area contributed by atoms with Crippen molar-refractivity contribution in [2.24, 2.45) is 7.05 Å². The molecule has 1 atom stereocenters. The van der Waals surface area contributed by atoms with Gasteiger partial charge in [0.25, 0.3) is 11.8 Å². The van der Waals surface area contributed by atoms with Crippen molar-refractivity contribution in [1.82, 2.24) is 14.7 Å². The number of para-hydroxylation sites is 1. The highest BCUT2D eigenvalue weighted by Gasteiger charge is 2.44. The molecule has 4 rings (SSSR count). The zero-order valence-corrected chi connectivity index (χ0v) is 17.6. The van der Waals surface area contributed by atoms with Gasteiger partial charge in [-0.1, -0.05) is 48.5 Å². The van der Waals surface area contributed by atoms with E-state index in [4.69, 9.17) is 0 Å². The van der Waals surface area contributed by atoms with Crippen molar-refractivity contribution in [3.05, 3.63) is 83.7 Å². The molecule has 0 radical (unpaired) electrons. The summed E-state index contributed by atoms with van der Waals surface area (Å²) >= 11 is 0. The second-order valence-corrected chi connectivity index (χ2v) is 7.65. The fraction of sp³-hybridized carbons (Fsp3) is 0.250. The molecule has 2 aromatic carbocycles. The predicted octanol–water partition coefficient (Wildman–Crippen LogP) is 2.75. The van der Waals surface area contributed by atoms with Crippen molar-refractivity contribution >= 4 is 23.4 Å². The summed E-state index contributed by atoms with van der Waals surface area (Å²) in [4.78, 5) is 42.2. The number of carbonyl (C=O) groups is 3. The van der Waals surface area contributed by atoms with Crippen LogP contribution in [0.15, 0.2) is 66.7 Å². The summed E-state index contributed by atoms with van der Waals surface area (Å²) in [7, 11) is 1.70. The van der Waals surface area contributed by atoms with E-state index < -0.39 is 6.04 Å². The van der Waals surface area contributed by atoms with Crippen molar-refractivity contribution < 1.29 is 14.4 Å². The van der Waals surface area contributed by atoms with E-state index in [0.717, 1.165) is 5.56 Å². The highest BCUT2D eigenvalue weighted by Crippen LogP contribution is 2.27. The number of nitrogens with zero attached hydrogens (tertiary/aromatic N) is 4. The number of aryl methyl sites for hydroxylation is 2. The molecular formula is C24H24N4O3. The van der Waals surface area contributed by atoms with Gasteiger partial charge in [-0.15, -0.1) is 0 Å². The van der Waals surface area contributed by atoms with Crippen LogP contribution in [0.25, 0.3) is 0 Å². The third-order valence-corrected chi connectivity index (χ3v) is 5.48. The van der Waals surface area contributed by atoms with Crippen LogP contribution in [0.4, 0.5) is 5.69 Å². The van der Waals surface area contributed by atoms with Crippen molar-refractivity contribution in [3.63, 3.8) is 0 Å². The first-order valence-electron chi connectivity index (χ1n) is 10.2. The molecule has 0 N–H and O–H groups in total. The molecule has 0 bridgehead atoms. The van der Waals surface area contributed by atoms with Crippen molar-refractivity contribution in [3.8, 4) is 0 Å². The Morgan fingerprint density at radius 1 is 1.06 bits per heavy atom. The standard InChI is InChI=1S/C24H24N4O3/c1-17-15-20(26(2)25-17)23(30)27(14-13-18-9-5-3-6-10-18)21-16-22(29)28(24(21)31)19-11-7-4-8-12-19/h3-12,15,21H,13-14,16H2,1-2H3/t21-/m1/s1. The van der Waals surface area contributed by atoms with E-state index in [1.54, 1.807) is 37.4 Å². The molecule has 7 nitrogen and oxygen atoms in total. The van der Waals surface area contributed by atoms with E-state index in [2.05, 4.69) is 5.10 Å². The van der Waals surface area contributed by atoms with Crippen LogP contribution in [0.5, 0.6) is 0 Å². The van der Waals surface area contributed by atoms with Gasteiger partial charge >= 0.3 is 0 Å². The van der Waals surface area contributed by atoms with Crippen LogP contribution in [-0.2, 0) is 23.1 Å². The largest absolute Gasteiger partial charge is 0.324 e. The van der Waals surface area contributed by atoms with E-state index in [0.29, 0.717) is 30.0 Å². The first-order chi connectivity index (χ1) is 15.0. The zero-order valence-electron chi connectivity index (χ0n) is 17.6. The second kappa shape index (κ2) is 8.55. The molecule has 0 saturated carbocycles. The SMILES string of the molecule is Cc1cc(C(=O)N(CCc2ccccc2)[C@@H]2CC(=O)N(c3ccccc3)C2=O)n(C)n1. The van der Waals surface area contributed by atoms with Gasteiger partial charge in [-0.3, -0.25) is 19.1 Å². The topological polar surface area (TPSA) is 75.5 Å². The summed E-state index contributed by atoms with van der Waals surface area (Å²) < 4.78 is 1.52. The van der Waals surface area contributed by atoms with Crippen molar-refractivity contribution in [2.45, 2.75) is 25.8 Å². The molecule has 3 amide bonds. The van der Waals surface area contributed by atoms with Crippen LogP contribution in [0.2, 0.25) is 0 Å². The van der Waals surface area contributed by atoms with Crippen LogP contribution in [0.3, 0.4) is 0 Å². The number of aromatic nitrogens is 2. The zero-order chi connectivity index (χ0) is 22.0. The molecule has 1 aromatic heterocycles. The molecule has 7 heteroatoms. The quantitative estimate of drug-likeness (QED) is 0.579. The van der Waals surface area contributed by atoms with Crippen LogP contribution in [0, 0.1) is 6.92 Å². The summed E-state index contributed by atoms with van der Waals surface area (Å²) in [6.07, 6.45) is 0.539. The Balaban J connectivity index is 1.65. The van der Waals surface area contributed by atoms with Crippen LogP contribution in [0.1, 0.15) is 28.2 Å². The van der Waals surface area contributed by atoms with Crippen LogP contribution in [-0.4, -0.2) is 45.0 Å². The fourth-order valence-corrected chi connectivity index (χ4v) is 3.96. The molecule has 0 unspecified atom stereocenters. The lowest BCUT2D eigenvalue weighted by molar-refractivity contribution is -0.122. The van der Waals surface area contributed by atoms with E-state index in [1.807, 2.05) is 43.3 Å². The van der Waals surface area contributed by atoms with Gasteiger partial charge in [0, 0.05) is 13.6 Å². The Morgan fingerprint density at radius 3 is 2.32 bits per heavy atom. The molecule has 1 fully saturated rings. The lowest BCUT2D eigenvalue weighted by Gasteiger charge is -2.27. The van der Waals surface area contributed by atoms with Gasteiger partial charge < -0.3 is 4.90 Å². The Morgan fingerprint density at radius 2 is 1.71 bits per heavy atom. The van der Waals surface area contributed by atoms with Crippen molar-refractivity contribution in [2.75, 3.05) is 11.4 Å². The monoisotopic (exact) mass is 416 g/mol. The Kier molecular flexibility index (Phi) is 5.66. The predicted molar refractivity (Wildman–Crippen MR) is 116 cm³/mol. The van der Waals surface area contributed by atoms with Crippen LogP contribution >= 0.6 is 0 Å². The lowest BCUT2D eigenvalue weighted by atomic mass is 10.1. The average Bonchev–Trinajstić information content (AvgIpc) is 3.26. The van der Waals surface area contributed by atoms with Crippen molar-refractivity contribution in [1.29, 1.82) is 0 Å². The summed E-state index contributed by atoms with van der Waals surface area (Å²) in [5, 5.41) is 4.26.